The highest BCUT2D eigenvalue weighted by Gasteiger charge is 2.76. The Balaban J connectivity index is 0.00000426. The largest absolute Gasteiger partial charge is 0.496 e. The van der Waals surface area contributed by atoms with Gasteiger partial charge in [-0.1, -0.05) is 74.9 Å². The fourth-order valence-corrected chi connectivity index (χ4v) is 27.5. The molecule has 10 rings (SSSR count). The van der Waals surface area contributed by atoms with Crippen LogP contribution in [0.1, 0.15) is 164 Å². The maximum atomic E-state index is 14.8. The van der Waals surface area contributed by atoms with E-state index < -0.39 is 128 Å². The normalized spacial score (nSPS) is 27.2. The number of likely N-dealkylation sites (N-methyl/N-ethyl adjacent to an activating group) is 1. The third-order valence-electron chi connectivity index (χ3n) is 24.1. The number of anilines is 1. The van der Waals surface area contributed by atoms with Gasteiger partial charge in [-0.15, -0.1) is 0 Å². The maximum absolute atomic E-state index is 14.8. The van der Waals surface area contributed by atoms with Crippen molar-refractivity contribution in [3.8, 4) is 5.75 Å². The first-order chi connectivity index (χ1) is 49.8. The number of aliphatic carboxylic acids is 4. The number of ether oxygens (including phenoxy) is 1. The predicted molar refractivity (Wildman–Crippen MR) is 399 cm³/mol. The van der Waals surface area contributed by atoms with E-state index in [1.54, 1.807) is 19.2 Å². The number of amides is 4. The SMILES string of the molecule is CC[C@]1(O)C[C@H]2CN(CCc3c([nH]c4ccccc34)[C@@](C)(c3cc4c(cc3OC)N(C)[C@@H]3[C@]45CCN4CC=C[C@@](CC)(C(O)[C@]3(O)CCC(=O)c3ccc([Si](C)(C)O[Si](C)(C)CC(NC(=O)CCCCCNC(=O)CC[C@](C)(NC(=O)N[C@@](C)(CCC(=O)O)C(=O)O)C(=O)O)C(=O)O)cc3)[C@@H]45)C2)C1.O=C=O. The van der Waals surface area contributed by atoms with Crippen molar-refractivity contribution < 1.29 is 92.5 Å². The van der Waals surface area contributed by atoms with E-state index in [2.05, 4.69) is 110 Å². The average Bonchev–Trinajstić information content (AvgIpc) is 1.48. The van der Waals surface area contributed by atoms with Gasteiger partial charge < -0.3 is 75.7 Å². The molecule has 6 aliphatic rings. The molecule has 27 nitrogen and oxygen atoms in total. The van der Waals surface area contributed by atoms with E-state index in [1.807, 2.05) is 45.4 Å². The molecule has 6 heterocycles. The summed E-state index contributed by atoms with van der Waals surface area (Å²) in [5.41, 5.74) is -1.75. The Bertz CT molecular complexity index is 4050. The van der Waals surface area contributed by atoms with Crippen molar-refractivity contribution in [1.29, 1.82) is 0 Å². The van der Waals surface area contributed by atoms with Gasteiger partial charge in [-0.25, -0.2) is 14.4 Å². The molecule has 1 aliphatic carbocycles. The summed E-state index contributed by atoms with van der Waals surface area (Å²) < 4.78 is 13.5. The highest BCUT2D eigenvalue weighted by molar-refractivity contribution is 6.92. The fourth-order valence-electron chi connectivity index (χ4n) is 19.0. The lowest BCUT2D eigenvalue weighted by molar-refractivity contribution is -0.201. The molecule has 29 heteroatoms. The van der Waals surface area contributed by atoms with Gasteiger partial charge in [0.25, 0.3) is 0 Å². The number of para-hydroxylation sites is 1. The molecule has 12 N–H and O–H groups in total. The minimum atomic E-state index is -2.86. The molecule has 1 saturated carbocycles. The van der Waals surface area contributed by atoms with Crippen molar-refractivity contribution in [2.45, 2.75) is 227 Å². The molecule has 2 bridgehead atoms. The van der Waals surface area contributed by atoms with E-state index in [4.69, 9.17) is 23.5 Å². The lowest BCUT2D eigenvalue weighted by Gasteiger charge is -2.64. The average molecular weight is 1510 g/mol. The second kappa shape index (κ2) is 32.0. The molecule has 3 unspecified atom stereocenters. The lowest BCUT2D eigenvalue weighted by atomic mass is 9.47. The number of unbranched alkanes of at least 4 members (excludes halogenated alkanes) is 2. The van der Waals surface area contributed by atoms with Crippen LogP contribution in [0.15, 0.2) is 72.8 Å². The Morgan fingerprint density at radius 1 is 0.802 bits per heavy atom. The van der Waals surface area contributed by atoms with Crippen molar-refractivity contribution in [2.24, 2.45) is 11.3 Å². The van der Waals surface area contributed by atoms with Crippen LogP contribution in [0, 0.1) is 11.3 Å². The molecule has 1 spiro atoms. The van der Waals surface area contributed by atoms with Gasteiger partial charge in [0.15, 0.2) is 14.1 Å². The number of benzene rings is 3. The monoisotopic (exact) mass is 1500 g/mol. The van der Waals surface area contributed by atoms with Gasteiger partial charge in [-0.3, -0.25) is 33.8 Å². The van der Waals surface area contributed by atoms with Crippen LogP contribution in [0.5, 0.6) is 5.75 Å². The quantitative estimate of drug-likeness (QED) is 0.0108. The molecule has 578 valence electrons. The second-order valence-electron chi connectivity index (χ2n) is 32.3. The number of carboxylic acids is 4. The van der Waals surface area contributed by atoms with Crippen molar-refractivity contribution in [3.63, 3.8) is 0 Å². The summed E-state index contributed by atoms with van der Waals surface area (Å²) in [5, 5.41) is 89.9. The van der Waals surface area contributed by atoms with Gasteiger partial charge >= 0.3 is 36.1 Å². The molecule has 4 amide bonds. The first-order valence-corrected chi connectivity index (χ1v) is 43.1. The third kappa shape index (κ3) is 16.3. The zero-order valence-electron chi connectivity index (χ0n) is 62.9. The van der Waals surface area contributed by atoms with Crippen molar-refractivity contribution >= 4 is 92.1 Å². The van der Waals surface area contributed by atoms with Crippen LogP contribution in [0.4, 0.5) is 10.5 Å². The number of H-pyrrole nitrogens is 1. The first-order valence-electron chi connectivity index (χ1n) is 37.0. The molecule has 2 saturated heterocycles. The van der Waals surface area contributed by atoms with Gasteiger partial charge in [0, 0.05) is 127 Å². The van der Waals surface area contributed by atoms with Gasteiger partial charge in [0.2, 0.25) is 20.1 Å². The van der Waals surface area contributed by atoms with Crippen LogP contribution in [0.2, 0.25) is 32.2 Å². The summed E-state index contributed by atoms with van der Waals surface area (Å²) >= 11 is 0. The Hall–Kier alpha value is -8.13. The van der Waals surface area contributed by atoms with Crippen LogP contribution in [-0.4, -0.2) is 221 Å². The number of Topliss-reactive ketones (excluding diaryl/α,β-unsaturated/α-hetero) is 1. The number of aliphatic hydroxyl groups excluding tert-OH is 1. The number of hydrogen-bond acceptors (Lipinski definition) is 18. The number of aliphatic hydroxyl groups is 3. The van der Waals surface area contributed by atoms with Crippen LogP contribution in [0.3, 0.4) is 0 Å². The number of urea groups is 1. The standard InChI is InChI=1S/C76H108N8O17Si2.CO2/c1-12-73(98)43-47-42-70(3,62-51(30-38-83(44-47)46-73)50-20-16-17-21-54(50)79-62)53-40-52-56(41-58(53)100-7)82(6)65-75(52)35-39-84-37-19-31-74(13-2,64(75)84)66(92)76(65,99)34-27-57(85)48-23-25-49(26-24-48)103(10,11)101-102(8,9)45-55(63(90)91)78-60(87)22-15-14-18-36-77-59(86)28-32-71(4,67(93)94)80-69(97)81-72(5,68(95)96)33-29-61(88)89;2-1-3/h16-17,19-21,23-26,31,40-41,47,55,64-66,79,92,98-99H,12-15,18,22,27-30,32-39,42-46H2,1-11H3,(H,77,86)(H,78,87)(H,88,89)(H,90,91)(H,93,94)(H,95,96)(H2,80,81,97);/t47-,55?,64+,65+,66?,70+,71-,72-,73-,74+,75+,76-;/m0./s1. The topological polar surface area (TPSA) is 404 Å². The molecule has 5 aliphatic heterocycles. The zero-order valence-corrected chi connectivity index (χ0v) is 64.9. The number of ketones is 1. The number of nitrogens with one attached hydrogen (secondary N) is 5. The summed E-state index contributed by atoms with van der Waals surface area (Å²) in [6.45, 7) is 20.6. The molecule has 1 aromatic heterocycles. The summed E-state index contributed by atoms with van der Waals surface area (Å²) in [7, 11) is -1.91. The summed E-state index contributed by atoms with van der Waals surface area (Å²) in [5.74, 6) is -5.82. The maximum Gasteiger partial charge on any atom is 0.373 e. The lowest BCUT2D eigenvalue weighted by Crippen LogP contribution is -2.78. The zero-order chi connectivity index (χ0) is 77.9. The van der Waals surface area contributed by atoms with Crippen LogP contribution in [-0.2, 0) is 59.7 Å². The Labute approximate surface area is 620 Å². The Morgan fingerprint density at radius 2 is 1.46 bits per heavy atom. The second-order valence-corrected chi connectivity index (χ2v) is 40.6. The summed E-state index contributed by atoms with van der Waals surface area (Å²) in [6.07, 6.45) is 6.97. The molecule has 0 radical (unpaired) electrons. The smallest absolute Gasteiger partial charge is 0.373 e. The molecular weight excluding hydrogens is 1400 g/mol. The number of rotatable bonds is 31. The number of nitrogens with zero attached hydrogens (tertiary/aromatic N) is 3. The van der Waals surface area contributed by atoms with Crippen molar-refractivity contribution in [1.82, 2.24) is 36.1 Å². The fraction of sp³-hybridized carbons (Fsp3) is 0.597. The summed E-state index contributed by atoms with van der Waals surface area (Å²) in [6, 6.07) is 17.3. The number of hydrogen-bond donors (Lipinski definition) is 12. The number of carbonyl (C=O) groups is 8. The van der Waals surface area contributed by atoms with E-state index in [9.17, 15) is 69.0 Å². The van der Waals surface area contributed by atoms with E-state index in [0.717, 1.165) is 91.7 Å². The highest BCUT2D eigenvalue weighted by atomic mass is 28.4. The molecule has 13 atom stereocenters. The third-order valence-corrected chi connectivity index (χ3v) is 31.5. The molecule has 4 aromatic rings. The van der Waals surface area contributed by atoms with Crippen LogP contribution < -0.4 is 36.1 Å². The number of aromatic nitrogens is 1. The van der Waals surface area contributed by atoms with Crippen molar-refractivity contribution in [2.75, 3.05) is 58.3 Å². The number of methoxy groups -OCH3 is 1. The molecule has 106 heavy (non-hydrogen) atoms. The number of carboxylic acid groups (broad SMARTS) is 4. The molecular formula is C77H108N8O19Si2. The van der Waals surface area contributed by atoms with E-state index in [-0.39, 0.29) is 68.6 Å². The number of aromatic amines is 1. The highest BCUT2D eigenvalue weighted by Crippen LogP contribution is 2.68. The van der Waals surface area contributed by atoms with Crippen LogP contribution >= 0.6 is 0 Å². The van der Waals surface area contributed by atoms with Gasteiger partial charge in [-0.05, 0) is 165 Å². The van der Waals surface area contributed by atoms with Crippen LogP contribution in [0.25, 0.3) is 10.9 Å². The number of carbonyl (C=O) groups excluding carboxylic acids is 6. The number of piperidine rings is 1. The Kier molecular flexibility index (Phi) is 24.7. The van der Waals surface area contributed by atoms with E-state index in [1.165, 1.54) is 10.9 Å². The van der Waals surface area contributed by atoms with Gasteiger partial charge in [-0.2, -0.15) is 9.59 Å². The van der Waals surface area contributed by atoms with Crippen molar-refractivity contribution in [3.05, 3.63) is 101 Å². The summed E-state index contributed by atoms with van der Waals surface area (Å²) in [4.78, 5) is 129. The molecule has 3 fully saturated rings. The van der Waals surface area contributed by atoms with E-state index in [0.29, 0.717) is 57.2 Å². The van der Waals surface area contributed by atoms with Gasteiger partial charge in [0.05, 0.1) is 24.9 Å². The minimum Gasteiger partial charge on any atom is -0.496 e. The number of fused-ring (bicyclic) bond motifs is 6. The first kappa shape index (κ1) is 81.9. The van der Waals surface area contributed by atoms with Gasteiger partial charge in [0.1, 0.15) is 28.5 Å². The molecule has 3 aromatic carbocycles. The van der Waals surface area contributed by atoms with E-state index >= 15 is 0 Å². The minimum absolute atomic E-state index is 0.00762. The Morgan fingerprint density at radius 3 is 2.08 bits per heavy atom. The predicted octanol–water partition coefficient (Wildman–Crippen LogP) is 6.68.